The molecule has 0 N–H and O–H groups in total. The van der Waals surface area contributed by atoms with Gasteiger partial charge in [-0.1, -0.05) is 18.3 Å². The minimum atomic E-state index is -0.0891. The van der Waals surface area contributed by atoms with Crippen LogP contribution in [0.3, 0.4) is 0 Å². The van der Waals surface area contributed by atoms with Gasteiger partial charge in [-0.05, 0) is 31.9 Å². The van der Waals surface area contributed by atoms with E-state index in [9.17, 15) is 4.79 Å². The summed E-state index contributed by atoms with van der Waals surface area (Å²) in [5.41, 5.74) is 0.743. The molecule has 0 amide bonds. The molecule has 4 rings (SSSR count). The van der Waals surface area contributed by atoms with Crippen molar-refractivity contribution in [1.29, 1.82) is 0 Å². The highest BCUT2D eigenvalue weighted by atomic mass is 32.1. The summed E-state index contributed by atoms with van der Waals surface area (Å²) in [6.07, 6.45) is 6.96. The Labute approximate surface area is 143 Å². The Morgan fingerprint density at radius 2 is 2.33 bits per heavy atom. The Hall–Kier alpha value is -2.06. The number of aromatic nitrogens is 5. The molecule has 4 heterocycles. The summed E-state index contributed by atoms with van der Waals surface area (Å²) in [6.45, 7) is 4.66. The first-order valence-electron chi connectivity index (χ1n) is 8.33. The molecule has 3 aromatic rings. The average Bonchev–Trinajstić information content (AvgIpc) is 3.29. The molecule has 1 aliphatic rings. The average molecular weight is 344 g/mol. The molecule has 0 bridgehead atoms. The molecule has 1 atom stereocenters. The largest absolute Gasteiger partial charge is 0.293 e. The second-order valence-corrected chi connectivity index (χ2v) is 7.16. The van der Waals surface area contributed by atoms with E-state index in [0.717, 1.165) is 36.6 Å². The topological polar surface area (TPSA) is 68.3 Å². The van der Waals surface area contributed by atoms with Crippen molar-refractivity contribution < 1.29 is 0 Å². The van der Waals surface area contributed by atoms with E-state index in [1.54, 1.807) is 6.07 Å². The molecule has 0 spiro atoms. The predicted molar refractivity (Wildman–Crippen MR) is 92.2 cm³/mol. The third-order valence-electron chi connectivity index (χ3n) is 4.46. The van der Waals surface area contributed by atoms with Crippen molar-refractivity contribution >= 4 is 16.3 Å². The lowest BCUT2D eigenvalue weighted by Crippen LogP contribution is -2.33. The highest BCUT2D eigenvalue weighted by molar-refractivity contribution is 7.16. The normalized spacial score (nSPS) is 18.6. The maximum Gasteiger partial charge on any atom is 0.275 e. The van der Waals surface area contributed by atoms with Crippen LogP contribution >= 0.6 is 11.3 Å². The van der Waals surface area contributed by atoms with Gasteiger partial charge in [0.25, 0.3) is 5.56 Å². The summed E-state index contributed by atoms with van der Waals surface area (Å²) in [4.78, 5) is 20.0. The molecule has 1 fully saturated rings. The van der Waals surface area contributed by atoms with Crippen LogP contribution in [0.4, 0.5) is 0 Å². The molecular weight excluding hydrogens is 324 g/mol. The van der Waals surface area contributed by atoms with Crippen LogP contribution < -0.4 is 5.56 Å². The van der Waals surface area contributed by atoms with Gasteiger partial charge in [0, 0.05) is 31.0 Å². The third kappa shape index (κ3) is 2.99. The van der Waals surface area contributed by atoms with Gasteiger partial charge in [-0.3, -0.25) is 14.4 Å². The van der Waals surface area contributed by atoms with E-state index in [0.29, 0.717) is 17.5 Å². The number of rotatable bonds is 5. The molecule has 0 aliphatic carbocycles. The van der Waals surface area contributed by atoms with Gasteiger partial charge in [-0.25, -0.2) is 4.98 Å². The Balaban J connectivity index is 1.55. The molecule has 8 heteroatoms. The summed E-state index contributed by atoms with van der Waals surface area (Å²) in [5.74, 6) is 0. The first-order valence-corrected chi connectivity index (χ1v) is 9.14. The van der Waals surface area contributed by atoms with E-state index in [1.165, 1.54) is 22.3 Å². The summed E-state index contributed by atoms with van der Waals surface area (Å²) >= 11 is 1.50. The van der Waals surface area contributed by atoms with Gasteiger partial charge < -0.3 is 0 Å². The first-order chi connectivity index (χ1) is 11.7. The number of hydrogen-bond donors (Lipinski definition) is 0. The van der Waals surface area contributed by atoms with Crippen molar-refractivity contribution in [2.75, 3.05) is 6.54 Å². The molecule has 0 saturated carbocycles. The second kappa shape index (κ2) is 6.45. The van der Waals surface area contributed by atoms with Crippen LogP contribution in [0.5, 0.6) is 0 Å². The SMILES string of the molecule is CCc1nn2c(=O)cc(CN3CCCC3Cn3cccn3)nc2s1. The van der Waals surface area contributed by atoms with Gasteiger partial charge in [-0.2, -0.15) is 14.7 Å². The van der Waals surface area contributed by atoms with Gasteiger partial charge in [0.15, 0.2) is 0 Å². The number of aryl methyl sites for hydroxylation is 1. The monoisotopic (exact) mass is 344 g/mol. The van der Waals surface area contributed by atoms with Crippen molar-refractivity contribution in [2.45, 2.75) is 45.3 Å². The van der Waals surface area contributed by atoms with E-state index in [4.69, 9.17) is 0 Å². The number of nitrogens with zero attached hydrogens (tertiary/aromatic N) is 6. The van der Waals surface area contributed by atoms with Crippen molar-refractivity contribution in [3.63, 3.8) is 0 Å². The molecule has 126 valence electrons. The van der Waals surface area contributed by atoms with Crippen molar-refractivity contribution in [1.82, 2.24) is 29.3 Å². The van der Waals surface area contributed by atoms with Gasteiger partial charge in [0.05, 0.1) is 12.2 Å². The van der Waals surface area contributed by atoms with Gasteiger partial charge in [-0.15, -0.1) is 0 Å². The molecule has 1 saturated heterocycles. The fraction of sp³-hybridized carbons (Fsp3) is 0.500. The van der Waals surface area contributed by atoms with Gasteiger partial charge in [0.2, 0.25) is 4.96 Å². The maximum atomic E-state index is 12.3. The van der Waals surface area contributed by atoms with Gasteiger partial charge in [0.1, 0.15) is 5.01 Å². The van der Waals surface area contributed by atoms with Crippen LogP contribution in [0, 0.1) is 0 Å². The van der Waals surface area contributed by atoms with Crippen LogP contribution in [-0.2, 0) is 19.5 Å². The lowest BCUT2D eigenvalue weighted by Gasteiger charge is -2.23. The summed E-state index contributed by atoms with van der Waals surface area (Å²) in [7, 11) is 0. The van der Waals surface area contributed by atoms with Gasteiger partial charge >= 0.3 is 0 Å². The van der Waals surface area contributed by atoms with E-state index in [1.807, 2.05) is 30.1 Å². The number of hydrogen-bond acceptors (Lipinski definition) is 6. The third-order valence-corrected chi connectivity index (χ3v) is 5.52. The molecule has 3 aromatic heterocycles. The fourth-order valence-corrected chi connectivity index (χ4v) is 4.12. The summed E-state index contributed by atoms with van der Waals surface area (Å²) < 4.78 is 3.39. The zero-order valence-electron chi connectivity index (χ0n) is 13.6. The van der Waals surface area contributed by atoms with Crippen molar-refractivity contribution in [2.24, 2.45) is 0 Å². The van der Waals surface area contributed by atoms with E-state index in [-0.39, 0.29) is 5.56 Å². The molecule has 1 unspecified atom stereocenters. The fourth-order valence-electron chi connectivity index (χ4n) is 3.26. The standard InChI is InChI=1S/C16H20N6OS/c1-2-14-19-22-15(23)9-12(18-16(22)24-14)10-20-7-3-5-13(20)11-21-8-4-6-17-21/h4,6,8-9,13H,2-3,5,7,10-11H2,1H3. The van der Waals surface area contributed by atoms with Crippen LogP contribution in [-0.4, -0.2) is 41.9 Å². The summed E-state index contributed by atoms with van der Waals surface area (Å²) in [6, 6.07) is 4.01. The zero-order chi connectivity index (χ0) is 16.5. The first kappa shape index (κ1) is 15.5. The minimum absolute atomic E-state index is 0.0891. The Bertz CT molecular complexity index is 884. The second-order valence-electron chi connectivity index (χ2n) is 6.12. The van der Waals surface area contributed by atoms with E-state index in [2.05, 4.69) is 20.1 Å². The Kier molecular flexibility index (Phi) is 4.15. The van der Waals surface area contributed by atoms with Crippen LogP contribution in [0.2, 0.25) is 0 Å². The van der Waals surface area contributed by atoms with Crippen molar-refractivity contribution in [3.8, 4) is 0 Å². The molecule has 1 aliphatic heterocycles. The lowest BCUT2D eigenvalue weighted by molar-refractivity contribution is 0.217. The van der Waals surface area contributed by atoms with Crippen LogP contribution in [0.1, 0.15) is 30.5 Å². The Morgan fingerprint density at radius 1 is 1.42 bits per heavy atom. The quantitative estimate of drug-likeness (QED) is 0.703. The zero-order valence-corrected chi connectivity index (χ0v) is 14.4. The molecule has 0 aromatic carbocycles. The Morgan fingerprint density at radius 3 is 3.12 bits per heavy atom. The smallest absolute Gasteiger partial charge is 0.275 e. The minimum Gasteiger partial charge on any atom is -0.293 e. The van der Waals surface area contributed by atoms with Crippen LogP contribution in [0.15, 0.2) is 29.3 Å². The lowest BCUT2D eigenvalue weighted by atomic mass is 10.2. The van der Waals surface area contributed by atoms with Crippen LogP contribution in [0.25, 0.3) is 4.96 Å². The molecule has 7 nitrogen and oxygen atoms in total. The number of likely N-dealkylation sites (tertiary alicyclic amines) is 1. The van der Waals surface area contributed by atoms with E-state index < -0.39 is 0 Å². The molecule has 0 radical (unpaired) electrons. The maximum absolute atomic E-state index is 12.3. The summed E-state index contributed by atoms with van der Waals surface area (Å²) in [5, 5.41) is 9.55. The molecular formula is C16H20N6OS. The number of fused-ring (bicyclic) bond motifs is 1. The highest BCUT2D eigenvalue weighted by Crippen LogP contribution is 2.21. The highest BCUT2D eigenvalue weighted by Gasteiger charge is 2.25. The van der Waals surface area contributed by atoms with E-state index >= 15 is 0 Å². The molecule has 24 heavy (non-hydrogen) atoms. The van der Waals surface area contributed by atoms with Crippen molar-refractivity contribution in [3.05, 3.63) is 45.6 Å². The predicted octanol–water partition coefficient (Wildman–Crippen LogP) is 1.57.